The zero-order chi connectivity index (χ0) is 92.3. The number of aromatic amines is 5. The Morgan fingerprint density at radius 2 is 0.907 bits per heavy atom. The Hall–Kier alpha value is -10.3. The van der Waals surface area contributed by atoms with Gasteiger partial charge in [0.15, 0.2) is 18.9 Å². The Bertz CT molecular complexity index is 5100. The number of carbonyl (C=O) groups excluding carboxylic acids is 6. The third kappa shape index (κ3) is 34.8. The molecule has 0 radical (unpaired) electrons. The van der Waals surface area contributed by atoms with Gasteiger partial charge < -0.3 is 109 Å². The van der Waals surface area contributed by atoms with Crippen LogP contribution in [0, 0.1) is 7.43 Å². The van der Waals surface area contributed by atoms with Crippen molar-refractivity contribution in [2.75, 3.05) is 71.1 Å². The minimum absolute atomic E-state index is 0. The SMILES string of the molecule is C1CCOC1.CC(C)(C)OC(=O)N1CCc2[nH]nc(C(C)(C)O)c2C1.CC(C)(O)c1n[nH]c2c1CN(C(=O)COc1ccccc1)CC2.CC(C)(O)c1n[nH]c2c1CN(C(=O)Nc1cccc(Cl)c1)CC2.CC(C)(O)c1n[nH]c2c1CNCC2.CCOC(=O)c1n[nH]c2c1CN(C(=O)OC(C)(C)C)CC2.O=C(O)COc1ccccc1.O=C=Nc1cccc(Cl)c1.[Br-].[CH3-].[Mg+2]. The van der Waals surface area contributed by atoms with Gasteiger partial charge in [0, 0.05) is 163 Å². The van der Waals surface area contributed by atoms with Crippen LogP contribution in [0.25, 0.3) is 0 Å². The van der Waals surface area contributed by atoms with Crippen LogP contribution in [0.2, 0.25) is 10.0 Å². The molecule has 1 saturated heterocycles. The molecule has 0 spiro atoms. The number of esters is 1. The maximum atomic E-state index is 12.5. The molecule has 0 saturated carbocycles. The predicted molar refractivity (Wildman–Crippen MR) is 483 cm³/mol. The minimum Gasteiger partial charge on any atom is -1.00 e. The summed E-state index contributed by atoms with van der Waals surface area (Å²) in [4.78, 5) is 90.7. The number of nitrogens with one attached hydrogen (secondary N) is 7. The number of benzene rings is 4. The van der Waals surface area contributed by atoms with E-state index in [9.17, 15) is 54.0 Å². The van der Waals surface area contributed by atoms with Gasteiger partial charge in [0.1, 0.15) is 45.1 Å². The van der Waals surface area contributed by atoms with Gasteiger partial charge in [-0.1, -0.05) is 71.7 Å². The molecular weight excluding hydrogens is 1780 g/mol. The average molecular weight is 1910 g/mol. The molecule has 5 amide bonds. The van der Waals surface area contributed by atoms with Crippen LogP contribution < -0.4 is 37.1 Å². The number of hydrogen-bond acceptors (Lipinski definition) is 24. The van der Waals surface area contributed by atoms with E-state index in [4.69, 9.17) is 56.7 Å². The van der Waals surface area contributed by atoms with E-state index < -0.39 is 45.5 Å². The number of carboxylic acid groups (broad SMARTS) is 1. The van der Waals surface area contributed by atoms with Crippen LogP contribution in [0.15, 0.2) is 114 Å². The van der Waals surface area contributed by atoms with Crippen molar-refractivity contribution in [1.82, 2.24) is 75.9 Å². The third-order valence-electron chi connectivity index (χ3n) is 19.4. The number of ether oxygens (including phenoxy) is 6. The first-order valence-corrected chi connectivity index (χ1v) is 42.3. The van der Waals surface area contributed by atoms with E-state index in [1.165, 1.54) is 18.9 Å². The van der Waals surface area contributed by atoms with Gasteiger partial charge in [-0.05, 0) is 177 Å². The van der Waals surface area contributed by atoms with Crippen LogP contribution in [0.3, 0.4) is 0 Å². The van der Waals surface area contributed by atoms with Crippen LogP contribution in [0.1, 0.15) is 206 Å². The van der Waals surface area contributed by atoms with Gasteiger partial charge in [-0.2, -0.15) is 30.5 Å². The average Bonchev–Trinajstić information content (AvgIpc) is 1.65. The molecule has 12 N–H and O–H groups in total. The summed E-state index contributed by atoms with van der Waals surface area (Å²) in [6.45, 7) is 34.1. The number of fused-ring (bicyclic) bond motifs is 5. The quantitative estimate of drug-likeness (QED) is 0.0120. The molecule has 0 aliphatic carbocycles. The van der Waals surface area contributed by atoms with Gasteiger partial charge >= 0.3 is 53.2 Å². The number of aliphatic hydroxyl groups is 4. The summed E-state index contributed by atoms with van der Waals surface area (Å²) in [5.74, 6) is -0.244. The van der Waals surface area contributed by atoms with Crippen molar-refractivity contribution in [2.45, 2.75) is 215 Å². The fourth-order valence-corrected chi connectivity index (χ4v) is 13.8. The molecule has 5 aromatic heterocycles. The number of hydrogen-bond donors (Lipinski definition) is 12. The van der Waals surface area contributed by atoms with E-state index in [1.54, 1.807) is 155 Å². The predicted octanol–water partition coefficient (Wildman–Crippen LogP) is 9.90. The Morgan fingerprint density at radius 1 is 0.512 bits per heavy atom. The molecule has 9 aromatic rings. The maximum Gasteiger partial charge on any atom is 2.00 e. The number of H-pyrrole nitrogens is 5. The van der Waals surface area contributed by atoms with Gasteiger partial charge in [-0.3, -0.25) is 30.3 Å². The van der Waals surface area contributed by atoms with Gasteiger partial charge in [-0.25, -0.2) is 28.8 Å². The van der Waals surface area contributed by atoms with Crippen LogP contribution >= 0.6 is 23.2 Å². The molecular formula is C90H122BrCl2MgN17O18. The Kier molecular flexibility index (Phi) is 42.5. The van der Waals surface area contributed by atoms with Crippen LogP contribution in [0.5, 0.6) is 11.5 Å². The number of aliphatic carboxylic acids is 1. The summed E-state index contributed by atoms with van der Waals surface area (Å²) in [6.07, 6.45) is 6.93. The fourth-order valence-electron chi connectivity index (χ4n) is 13.4. The van der Waals surface area contributed by atoms with E-state index >= 15 is 0 Å². The van der Waals surface area contributed by atoms with Crippen molar-refractivity contribution in [3.63, 3.8) is 0 Å². The number of para-hydroxylation sites is 2. The van der Waals surface area contributed by atoms with E-state index in [1.807, 2.05) is 77.9 Å². The van der Waals surface area contributed by atoms with Crippen molar-refractivity contribution >= 4 is 99.8 Å². The molecule has 6 aliphatic rings. The molecule has 4 aromatic carbocycles. The molecule has 0 unspecified atom stereocenters. The molecule has 35 nitrogen and oxygen atoms in total. The van der Waals surface area contributed by atoms with Gasteiger partial charge in [0.05, 0.1) is 54.7 Å². The van der Waals surface area contributed by atoms with Crippen LogP contribution in [0.4, 0.5) is 25.8 Å². The standard InChI is InChI=1S/C17H21N3O3.C16H19ClN4O2.C14H21N3O4.C14H23N3O3.C9H15N3O.C8H8O3.C7H4ClNO.C4H8O.CH3.BrH.Mg/c1-17(2,22)16-13-10-20(9-8-14(13)18-19-16)15(21)11-23-12-6-4-3-5-7-12;1-16(2,23)14-12-9-21(7-6-13(12)19-20-14)15(22)18-11-5-3-4-10(17)8-11;1-5-20-12(18)11-9-8-17(7-6-10(9)15-16-11)13(19)21-14(2,3)4;1-13(2,3)20-12(18)17-7-6-10-9(8-17)11(16-15-10)14(4,5)19;1-9(2,13)8-6-5-10-4-3-7(6)11-12-8;9-8(10)6-11-7-4-2-1-3-5-7;8-6-2-1-3-7(4-6)9-5-10;1-2-4-5-3-1;;;/h3-7,22H,8-11H2,1-2H3,(H,18,19);3-5,8,23H,6-7,9H2,1-2H3,(H,18,22)(H,19,20);5-8H2,1-4H3,(H,15,16);19H,6-8H2,1-5H3,(H,15,16);10,13H,3-5H2,1-2H3,(H,11,12);1-5H,6H2,(H,9,10);1-4H;1-4H2;1H3;1H;/q;;;;;;;;-1;;+2/p-1. The van der Waals surface area contributed by atoms with E-state index in [0.717, 1.165) is 89.1 Å². The monoisotopic (exact) mass is 1900 g/mol. The van der Waals surface area contributed by atoms with E-state index in [0.29, 0.717) is 134 Å². The maximum absolute atomic E-state index is 12.5. The summed E-state index contributed by atoms with van der Waals surface area (Å²) in [6, 6.07) is 31.7. The summed E-state index contributed by atoms with van der Waals surface area (Å²) >= 11 is 11.5. The molecule has 129 heavy (non-hydrogen) atoms. The number of isocyanates is 1. The number of rotatable bonds is 14. The molecule has 6 aliphatic heterocycles. The zero-order valence-corrected chi connectivity index (χ0v) is 80.8. The number of carbonyl (C=O) groups is 6. The Labute approximate surface area is 789 Å². The topological polar surface area (TPSA) is 469 Å². The van der Waals surface area contributed by atoms with E-state index in [-0.39, 0.29) is 97.1 Å². The summed E-state index contributed by atoms with van der Waals surface area (Å²) in [7, 11) is 0. The summed E-state index contributed by atoms with van der Waals surface area (Å²) in [5.41, 5.74) is 8.56. The molecule has 698 valence electrons. The minimum atomic E-state index is -1.05. The first-order chi connectivity index (χ1) is 59.4. The molecule has 1 fully saturated rings. The first-order valence-electron chi connectivity index (χ1n) is 41.5. The molecule has 0 atom stereocenters. The molecule has 39 heteroatoms. The van der Waals surface area contributed by atoms with Crippen molar-refractivity contribution in [2.24, 2.45) is 4.99 Å². The number of carboxylic acids is 1. The Balaban J connectivity index is 0.000000267. The van der Waals surface area contributed by atoms with E-state index in [2.05, 4.69) is 66.6 Å². The largest absolute Gasteiger partial charge is 2.00 e. The number of aliphatic imine (C=N–C) groups is 1. The van der Waals surface area contributed by atoms with Gasteiger partial charge in [-0.15, -0.1) is 0 Å². The number of halogens is 3. The van der Waals surface area contributed by atoms with Crippen LogP contribution in [-0.4, -0.2) is 238 Å². The third-order valence-corrected chi connectivity index (χ3v) is 19.8. The number of amides is 5. The number of aromatic nitrogens is 10. The smallest absolute Gasteiger partial charge is 1.00 e. The fraction of sp³-hybridized carbons (Fsp3) is 0.478. The van der Waals surface area contributed by atoms with Crippen molar-refractivity contribution in [3.8, 4) is 11.5 Å². The molecule has 0 bridgehead atoms. The van der Waals surface area contributed by atoms with Gasteiger partial charge in [0.25, 0.3) is 5.91 Å². The normalized spacial score (nSPS) is 14.1. The number of urea groups is 1. The second kappa shape index (κ2) is 50.2. The van der Waals surface area contributed by atoms with Crippen molar-refractivity contribution < 1.29 is 104 Å². The summed E-state index contributed by atoms with van der Waals surface area (Å²) in [5, 5.41) is 91.3. The first kappa shape index (κ1) is 109. The molecule has 11 heterocycles. The van der Waals surface area contributed by atoms with Crippen molar-refractivity contribution in [3.05, 3.63) is 211 Å². The van der Waals surface area contributed by atoms with Crippen molar-refractivity contribution in [1.29, 1.82) is 0 Å². The second-order valence-electron chi connectivity index (χ2n) is 34.1. The number of anilines is 1. The summed E-state index contributed by atoms with van der Waals surface area (Å²) < 4.78 is 31.1. The number of nitrogens with zero attached hydrogens (tertiary/aromatic N) is 10. The van der Waals surface area contributed by atoms with Gasteiger partial charge in [0.2, 0.25) is 6.08 Å². The van der Waals surface area contributed by atoms with Crippen LogP contribution in [-0.2, 0) is 121 Å². The second-order valence-corrected chi connectivity index (χ2v) is 35.0. The Morgan fingerprint density at radius 3 is 1.33 bits per heavy atom. The molecule has 15 rings (SSSR count). The zero-order valence-electron chi connectivity index (χ0n) is 76.3.